The predicted octanol–water partition coefficient (Wildman–Crippen LogP) is 4.50. The third-order valence-electron chi connectivity index (χ3n) is 8.85. The second-order valence-electron chi connectivity index (χ2n) is 14.2. The van der Waals surface area contributed by atoms with Crippen molar-refractivity contribution in [3.8, 4) is 0 Å². The quantitative estimate of drug-likeness (QED) is 0.0619. The molecule has 0 aromatic heterocycles. The van der Waals surface area contributed by atoms with Crippen molar-refractivity contribution < 1.29 is 72.1 Å². The van der Waals surface area contributed by atoms with Crippen molar-refractivity contribution in [2.45, 2.75) is 129 Å². The van der Waals surface area contributed by atoms with Gasteiger partial charge in [0.25, 0.3) is 0 Å². The van der Waals surface area contributed by atoms with Gasteiger partial charge in [-0.3, -0.25) is 19.2 Å². The molecule has 0 fully saturated rings. The van der Waals surface area contributed by atoms with Crippen molar-refractivity contribution >= 4 is 29.5 Å². The number of carbonyl (C=O) groups is 5. The van der Waals surface area contributed by atoms with Crippen LogP contribution in [0.25, 0.3) is 0 Å². The van der Waals surface area contributed by atoms with Gasteiger partial charge in [-0.25, -0.2) is 4.79 Å². The number of hydrogen-bond acceptors (Lipinski definition) is 13. The Hall–Kier alpha value is -2.77. The average Bonchev–Trinajstić information content (AvgIpc) is 3.20. The summed E-state index contributed by atoms with van der Waals surface area (Å²) in [7, 11) is 0. The second kappa shape index (κ2) is 44.8. The largest absolute Gasteiger partial charge is 0.481 e. The van der Waals surface area contributed by atoms with Gasteiger partial charge in [0.2, 0.25) is 11.8 Å². The third kappa shape index (κ3) is 46.2. The van der Waals surface area contributed by atoms with Gasteiger partial charge in [-0.2, -0.15) is 0 Å². The van der Waals surface area contributed by atoms with Crippen LogP contribution in [-0.4, -0.2) is 158 Å². The number of carboxylic acid groups (broad SMARTS) is 2. The van der Waals surface area contributed by atoms with Gasteiger partial charge in [-0.1, -0.05) is 64.2 Å². The van der Waals surface area contributed by atoms with E-state index in [4.69, 9.17) is 43.0 Å². The monoisotopic (exact) mass is 851 g/mol. The van der Waals surface area contributed by atoms with Crippen LogP contribution in [0.2, 0.25) is 0 Å². The minimum Gasteiger partial charge on any atom is -0.481 e. The number of aliphatic carboxylic acids is 2. The highest BCUT2D eigenvalue weighted by Gasteiger charge is 2.19. The maximum absolute atomic E-state index is 12.3. The molecular formula is C42H78N2O15. The van der Waals surface area contributed by atoms with Crippen molar-refractivity contribution in [2.24, 2.45) is 0 Å². The first kappa shape index (κ1) is 56.2. The molecule has 0 saturated heterocycles. The summed E-state index contributed by atoms with van der Waals surface area (Å²) < 4.78 is 43.4. The van der Waals surface area contributed by atoms with Crippen molar-refractivity contribution in [2.75, 3.05) is 112 Å². The number of amides is 2. The molecule has 0 aliphatic carbocycles. The van der Waals surface area contributed by atoms with Crippen LogP contribution >= 0.6 is 0 Å². The molecule has 0 saturated carbocycles. The third-order valence-corrected chi connectivity index (χ3v) is 8.85. The van der Waals surface area contributed by atoms with E-state index in [9.17, 15) is 29.1 Å². The molecule has 0 spiro atoms. The molecule has 0 aromatic rings. The van der Waals surface area contributed by atoms with Gasteiger partial charge in [-0.15, -0.1) is 0 Å². The van der Waals surface area contributed by atoms with E-state index in [0.717, 1.165) is 57.8 Å². The minimum atomic E-state index is -1.10. The number of carbonyl (C=O) groups excluding carboxylic acids is 3. The summed E-state index contributed by atoms with van der Waals surface area (Å²) in [6, 6.07) is -1.02. The Balaban J connectivity index is 3.47. The van der Waals surface area contributed by atoms with Crippen LogP contribution in [-0.2, 0) is 61.9 Å². The minimum absolute atomic E-state index is 0.112. The molecule has 59 heavy (non-hydrogen) atoms. The lowest BCUT2D eigenvalue weighted by molar-refractivity contribution is -0.142. The maximum atomic E-state index is 12.3. The lowest BCUT2D eigenvalue weighted by Crippen LogP contribution is -2.40. The molecule has 0 aromatic carbocycles. The van der Waals surface area contributed by atoms with Crippen LogP contribution in [0.3, 0.4) is 0 Å². The highest BCUT2D eigenvalue weighted by molar-refractivity contribution is 5.83. The molecule has 0 unspecified atom stereocenters. The zero-order valence-corrected chi connectivity index (χ0v) is 36.0. The molecule has 346 valence electrons. The Morgan fingerprint density at radius 1 is 0.407 bits per heavy atom. The fraction of sp³-hybridized carbons (Fsp3) is 0.881. The van der Waals surface area contributed by atoms with Gasteiger partial charge in [0.1, 0.15) is 11.8 Å². The summed E-state index contributed by atoms with van der Waals surface area (Å²) in [5.74, 6) is -2.19. The van der Waals surface area contributed by atoms with Gasteiger partial charge in [0.15, 0.2) is 0 Å². The Kier molecular flexibility index (Phi) is 42.7. The molecule has 0 radical (unpaired) electrons. The molecule has 2 amide bonds. The molecule has 0 heterocycles. The van der Waals surface area contributed by atoms with Crippen LogP contribution in [0.4, 0.5) is 0 Å². The van der Waals surface area contributed by atoms with Crippen LogP contribution < -0.4 is 10.6 Å². The van der Waals surface area contributed by atoms with E-state index in [1.54, 1.807) is 0 Å². The van der Waals surface area contributed by atoms with E-state index in [0.29, 0.717) is 132 Å². The Labute approximate surface area is 352 Å². The topological polar surface area (TPSA) is 224 Å². The summed E-state index contributed by atoms with van der Waals surface area (Å²) in [6.45, 7) is 8.86. The molecule has 0 aliphatic rings. The zero-order chi connectivity index (χ0) is 43.3. The van der Waals surface area contributed by atoms with Crippen LogP contribution in [0.1, 0.15) is 122 Å². The van der Waals surface area contributed by atoms with Gasteiger partial charge in [-0.05, 0) is 32.6 Å². The van der Waals surface area contributed by atoms with Gasteiger partial charge < -0.3 is 58.7 Å². The van der Waals surface area contributed by atoms with E-state index in [-0.39, 0.29) is 36.9 Å². The predicted molar refractivity (Wildman–Crippen MR) is 221 cm³/mol. The summed E-state index contributed by atoms with van der Waals surface area (Å²) >= 11 is 0. The number of unbranched alkanes of at least 4 members (excludes halogenated alkanes) is 11. The van der Waals surface area contributed by atoms with Crippen molar-refractivity contribution in [3.63, 3.8) is 0 Å². The Morgan fingerprint density at radius 2 is 0.746 bits per heavy atom. The number of Topliss-reactive ketones (excluding diaryl/α,β-unsaturated/α-hetero) is 1. The number of carboxylic acids is 2. The number of ether oxygens (including phenoxy) is 8. The van der Waals surface area contributed by atoms with E-state index in [1.807, 2.05) is 0 Å². The summed E-state index contributed by atoms with van der Waals surface area (Å²) in [6.07, 6.45) is 14.2. The van der Waals surface area contributed by atoms with Crippen LogP contribution in [0, 0.1) is 0 Å². The van der Waals surface area contributed by atoms with E-state index in [2.05, 4.69) is 10.6 Å². The van der Waals surface area contributed by atoms with Crippen molar-refractivity contribution in [1.82, 2.24) is 10.6 Å². The first-order chi connectivity index (χ1) is 28.7. The first-order valence-corrected chi connectivity index (χ1v) is 21.8. The summed E-state index contributed by atoms with van der Waals surface area (Å²) in [4.78, 5) is 57.4. The zero-order valence-electron chi connectivity index (χ0n) is 36.0. The molecule has 4 N–H and O–H groups in total. The molecule has 0 rings (SSSR count). The van der Waals surface area contributed by atoms with E-state index in [1.165, 1.54) is 26.2 Å². The number of rotatable bonds is 48. The molecule has 17 nitrogen and oxygen atoms in total. The van der Waals surface area contributed by atoms with Gasteiger partial charge >= 0.3 is 11.9 Å². The van der Waals surface area contributed by atoms with Gasteiger partial charge in [0, 0.05) is 32.2 Å². The number of ketones is 1. The summed E-state index contributed by atoms with van der Waals surface area (Å²) in [5.41, 5.74) is 0. The Bertz CT molecular complexity index is 1020. The molecule has 17 heteroatoms. The van der Waals surface area contributed by atoms with Crippen LogP contribution in [0.15, 0.2) is 0 Å². The Morgan fingerprint density at radius 3 is 1.12 bits per heavy atom. The van der Waals surface area contributed by atoms with Crippen molar-refractivity contribution in [1.29, 1.82) is 0 Å². The maximum Gasteiger partial charge on any atom is 0.326 e. The van der Waals surface area contributed by atoms with E-state index >= 15 is 0 Å². The normalized spacial score (nSPS) is 11.7. The summed E-state index contributed by atoms with van der Waals surface area (Å²) in [5, 5.41) is 23.5. The SMILES string of the molecule is CC(=O)CCOCCOCCOCCOCCOCCOCCOCCOCCNC(=O)CCC[C@H](NC(=O)CCCCCCCCCCCCCCC(=O)O)C(=O)O. The van der Waals surface area contributed by atoms with Crippen LogP contribution in [0.5, 0.6) is 0 Å². The fourth-order valence-electron chi connectivity index (χ4n) is 5.53. The average molecular weight is 851 g/mol. The van der Waals surface area contributed by atoms with E-state index < -0.39 is 18.0 Å². The molecule has 0 bridgehead atoms. The smallest absolute Gasteiger partial charge is 0.326 e. The lowest BCUT2D eigenvalue weighted by atomic mass is 10.0. The highest BCUT2D eigenvalue weighted by Crippen LogP contribution is 2.13. The second-order valence-corrected chi connectivity index (χ2v) is 14.2. The first-order valence-electron chi connectivity index (χ1n) is 21.8. The molecule has 1 atom stereocenters. The lowest BCUT2D eigenvalue weighted by Gasteiger charge is -2.14. The molecule has 0 aliphatic heterocycles. The number of nitrogens with one attached hydrogen (secondary N) is 2. The molecular weight excluding hydrogens is 772 g/mol. The highest BCUT2D eigenvalue weighted by atomic mass is 16.6. The fourth-order valence-corrected chi connectivity index (χ4v) is 5.53. The number of hydrogen-bond donors (Lipinski definition) is 4. The van der Waals surface area contributed by atoms with Gasteiger partial charge in [0.05, 0.1) is 106 Å². The van der Waals surface area contributed by atoms with Crippen molar-refractivity contribution in [3.05, 3.63) is 0 Å². The standard InChI is InChI=1S/C42H78N2O15/c1-37(45)19-21-52-23-25-54-27-29-56-31-33-58-35-36-59-34-32-57-30-28-55-26-24-53-22-20-43-39(46)17-14-15-38(42(50)51)44-40(47)16-12-10-8-6-4-2-3-5-7-9-11-13-18-41(48)49/h38H,2-36H2,1H3,(H,43,46)(H,44,47)(H,48,49)(H,50,51)/t38-/m0/s1.